The SMILES string of the molecule is Cc1nc2ccccc2c(=O)n1-c1ccc(F)c(NS(=O)(=O)N(C)C)c1. The Balaban J connectivity index is 2.19. The van der Waals surface area contributed by atoms with Crippen LogP contribution in [0.2, 0.25) is 0 Å². The van der Waals surface area contributed by atoms with E-state index in [4.69, 9.17) is 0 Å². The van der Waals surface area contributed by atoms with Gasteiger partial charge >= 0.3 is 10.2 Å². The highest BCUT2D eigenvalue weighted by atomic mass is 32.2. The fraction of sp³-hybridized carbons (Fsp3) is 0.176. The van der Waals surface area contributed by atoms with E-state index in [1.165, 1.54) is 30.8 Å². The Morgan fingerprint density at radius 3 is 2.54 bits per heavy atom. The minimum Gasteiger partial charge on any atom is -0.268 e. The van der Waals surface area contributed by atoms with Gasteiger partial charge < -0.3 is 0 Å². The van der Waals surface area contributed by atoms with E-state index in [-0.39, 0.29) is 11.2 Å². The summed E-state index contributed by atoms with van der Waals surface area (Å²) in [6, 6.07) is 10.7. The molecule has 2 aromatic carbocycles. The number of benzene rings is 2. The van der Waals surface area contributed by atoms with Crippen molar-refractivity contribution in [2.24, 2.45) is 0 Å². The van der Waals surface area contributed by atoms with Crippen LogP contribution in [0.25, 0.3) is 16.6 Å². The molecule has 0 bridgehead atoms. The van der Waals surface area contributed by atoms with Crippen LogP contribution >= 0.6 is 0 Å². The van der Waals surface area contributed by atoms with E-state index in [1.54, 1.807) is 31.2 Å². The van der Waals surface area contributed by atoms with E-state index >= 15 is 0 Å². The molecule has 0 amide bonds. The van der Waals surface area contributed by atoms with Crippen molar-refractivity contribution >= 4 is 26.8 Å². The fourth-order valence-electron chi connectivity index (χ4n) is 2.51. The number of halogens is 1. The summed E-state index contributed by atoms with van der Waals surface area (Å²) in [6.07, 6.45) is 0. The van der Waals surface area contributed by atoms with Crippen molar-refractivity contribution in [2.75, 3.05) is 18.8 Å². The Hall–Kier alpha value is -2.78. The molecule has 0 spiro atoms. The summed E-state index contributed by atoms with van der Waals surface area (Å²) < 4.78 is 42.4. The molecule has 3 aromatic rings. The maximum atomic E-state index is 14.1. The second-order valence-electron chi connectivity index (χ2n) is 5.87. The number of hydrogen-bond acceptors (Lipinski definition) is 4. The molecule has 0 saturated heterocycles. The van der Waals surface area contributed by atoms with Crippen molar-refractivity contribution in [2.45, 2.75) is 6.92 Å². The third kappa shape index (κ3) is 3.18. The van der Waals surface area contributed by atoms with Gasteiger partial charge in [0.25, 0.3) is 5.56 Å². The molecule has 7 nitrogen and oxygen atoms in total. The zero-order chi connectivity index (χ0) is 19.1. The number of aryl methyl sites for hydroxylation is 1. The summed E-state index contributed by atoms with van der Waals surface area (Å²) in [5.41, 5.74) is 0.294. The average Bonchev–Trinajstić information content (AvgIpc) is 2.57. The van der Waals surface area contributed by atoms with Crippen LogP contribution in [0, 0.1) is 12.7 Å². The van der Waals surface area contributed by atoms with Gasteiger partial charge in [0, 0.05) is 14.1 Å². The first-order valence-electron chi connectivity index (χ1n) is 7.69. The smallest absolute Gasteiger partial charge is 0.268 e. The molecule has 0 saturated carbocycles. The molecule has 9 heteroatoms. The van der Waals surface area contributed by atoms with Crippen molar-refractivity contribution < 1.29 is 12.8 Å². The molecule has 0 aliphatic heterocycles. The average molecular weight is 376 g/mol. The van der Waals surface area contributed by atoms with E-state index in [0.29, 0.717) is 22.4 Å². The summed E-state index contributed by atoms with van der Waals surface area (Å²) in [6.45, 7) is 1.65. The normalized spacial score (nSPS) is 11.9. The lowest BCUT2D eigenvalue weighted by Crippen LogP contribution is -2.29. The van der Waals surface area contributed by atoms with Crippen molar-refractivity contribution in [3.8, 4) is 5.69 Å². The predicted octanol–water partition coefficient (Wildman–Crippen LogP) is 2.05. The van der Waals surface area contributed by atoms with Gasteiger partial charge in [-0.2, -0.15) is 12.7 Å². The lowest BCUT2D eigenvalue weighted by Gasteiger charge is -2.16. The van der Waals surface area contributed by atoms with Crippen molar-refractivity contribution in [3.63, 3.8) is 0 Å². The Morgan fingerprint density at radius 1 is 1.15 bits per heavy atom. The molecule has 1 aromatic heterocycles. The topological polar surface area (TPSA) is 84.3 Å². The summed E-state index contributed by atoms with van der Waals surface area (Å²) in [4.78, 5) is 17.2. The van der Waals surface area contributed by atoms with Crippen molar-refractivity contribution in [1.29, 1.82) is 0 Å². The minimum absolute atomic E-state index is 0.254. The van der Waals surface area contributed by atoms with Gasteiger partial charge in [-0.05, 0) is 37.3 Å². The molecule has 0 aliphatic rings. The highest BCUT2D eigenvalue weighted by molar-refractivity contribution is 7.90. The predicted molar refractivity (Wildman–Crippen MR) is 98.3 cm³/mol. The first kappa shape index (κ1) is 18.0. The lowest BCUT2D eigenvalue weighted by molar-refractivity contribution is 0.526. The van der Waals surface area contributed by atoms with E-state index in [1.807, 2.05) is 0 Å². The zero-order valence-electron chi connectivity index (χ0n) is 14.4. The number of rotatable bonds is 4. The molecule has 0 fully saturated rings. The first-order valence-corrected chi connectivity index (χ1v) is 9.13. The van der Waals surface area contributed by atoms with Gasteiger partial charge in [-0.3, -0.25) is 14.1 Å². The maximum absolute atomic E-state index is 14.1. The monoisotopic (exact) mass is 376 g/mol. The van der Waals surface area contributed by atoms with Gasteiger partial charge in [0.2, 0.25) is 0 Å². The van der Waals surface area contributed by atoms with Crippen LogP contribution < -0.4 is 10.3 Å². The van der Waals surface area contributed by atoms with Crippen LogP contribution in [0.5, 0.6) is 0 Å². The van der Waals surface area contributed by atoms with Gasteiger partial charge in [0.15, 0.2) is 0 Å². The van der Waals surface area contributed by atoms with Crippen molar-refractivity contribution in [3.05, 3.63) is 64.5 Å². The third-order valence-corrected chi connectivity index (χ3v) is 5.31. The molecule has 1 N–H and O–H groups in total. The zero-order valence-corrected chi connectivity index (χ0v) is 15.2. The van der Waals surface area contributed by atoms with Crippen molar-refractivity contribution in [1.82, 2.24) is 13.9 Å². The molecular weight excluding hydrogens is 359 g/mol. The maximum Gasteiger partial charge on any atom is 0.301 e. The molecular formula is C17H17FN4O3S. The lowest BCUT2D eigenvalue weighted by atomic mass is 10.2. The van der Waals surface area contributed by atoms with Gasteiger partial charge in [-0.15, -0.1) is 0 Å². The standard InChI is InChI=1S/C17H17FN4O3S/c1-11-19-15-7-5-4-6-13(15)17(23)22(11)12-8-9-14(18)16(10-12)20-26(24,25)21(2)3/h4-10,20H,1-3H3. The Bertz CT molecular complexity index is 1160. The van der Waals surface area contributed by atoms with E-state index in [2.05, 4.69) is 9.71 Å². The quantitative estimate of drug-likeness (QED) is 0.755. The Labute approximate surface area is 149 Å². The van der Waals surface area contributed by atoms with Gasteiger partial charge in [0.1, 0.15) is 11.6 Å². The summed E-state index contributed by atoms with van der Waals surface area (Å²) >= 11 is 0. The van der Waals surface area contributed by atoms with Crippen LogP contribution in [0.3, 0.4) is 0 Å². The third-order valence-electron chi connectivity index (χ3n) is 3.87. The molecule has 0 unspecified atom stereocenters. The number of nitrogens with one attached hydrogen (secondary N) is 1. The van der Waals surface area contributed by atoms with E-state index < -0.39 is 16.0 Å². The van der Waals surface area contributed by atoms with E-state index in [0.717, 1.165) is 10.4 Å². The van der Waals surface area contributed by atoms with Gasteiger partial charge in [0.05, 0.1) is 22.3 Å². The Kier molecular flexibility index (Phi) is 4.51. The second kappa shape index (κ2) is 6.50. The van der Waals surface area contributed by atoms with E-state index in [9.17, 15) is 17.6 Å². The van der Waals surface area contributed by atoms with Crippen LogP contribution in [0.1, 0.15) is 5.82 Å². The first-order chi connectivity index (χ1) is 12.2. The molecule has 3 rings (SSSR count). The fourth-order valence-corrected chi connectivity index (χ4v) is 3.13. The number of hydrogen-bond donors (Lipinski definition) is 1. The molecule has 0 aliphatic carbocycles. The summed E-state index contributed by atoms with van der Waals surface area (Å²) in [5.74, 6) is -0.347. The second-order valence-corrected chi connectivity index (χ2v) is 7.75. The summed E-state index contributed by atoms with van der Waals surface area (Å²) in [7, 11) is -1.24. The molecule has 1 heterocycles. The largest absolute Gasteiger partial charge is 0.301 e. The molecule has 0 atom stereocenters. The van der Waals surface area contributed by atoms with Crippen LogP contribution in [-0.4, -0.2) is 36.4 Å². The van der Waals surface area contributed by atoms with Gasteiger partial charge in [-0.1, -0.05) is 12.1 Å². The van der Waals surface area contributed by atoms with Crippen LogP contribution in [-0.2, 0) is 10.2 Å². The number of fused-ring (bicyclic) bond motifs is 1. The number of anilines is 1. The molecule has 26 heavy (non-hydrogen) atoms. The van der Waals surface area contributed by atoms with Crippen LogP contribution in [0.15, 0.2) is 47.3 Å². The highest BCUT2D eigenvalue weighted by Crippen LogP contribution is 2.21. The minimum atomic E-state index is -3.89. The van der Waals surface area contributed by atoms with Gasteiger partial charge in [-0.25, -0.2) is 9.37 Å². The number of nitrogens with zero attached hydrogens (tertiary/aromatic N) is 3. The molecule has 136 valence electrons. The number of para-hydroxylation sites is 1. The van der Waals surface area contributed by atoms with Crippen LogP contribution in [0.4, 0.5) is 10.1 Å². The summed E-state index contributed by atoms with van der Waals surface area (Å²) in [5, 5.41) is 0.415. The Morgan fingerprint density at radius 2 is 1.85 bits per heavy atom. The number of aromatic nitrogens is 2. The highest BCUT2D eigenvalue weighted by Gasteiger charge is 2.17. The molecule has 0 radical (unpaired) electrons.